The highest BCUT2D eigenvalue weighted by atomic mass is 35.5. The summed E-state index contributed by atoms with van der Waals surface area (Å²) < 4.78 is 5.64. The Morgan fingerprint density at radius 2 is 1.94 bits per heavy atom. The van der Waals surface area contributed by atoms with Gasteiger partial charge >= 0.3 is 0 Å². The number of benzene rings is 2. The first-order valence-corrected chi connectivity index (χ1v) is 6.00. The molecule has 5 heteroatoms. The van der Waals surface area contributed by atoms with Crippen LogP contribution in [0.3, 0.4) is 0 Å². The van der Waals surface area contributed by atoms with Gasteiger partial charge in [-0.05, 0) is 30.7 Å². The largest absolute Gasteiger partial charge is 0.451 e. The maximum atomic E-state index is 11.4. The van der Waals surface area contributed by atoms with Crippen LogP contribution in [0.2, 0.25) is 10.0 Å². The molecule has 0 atom stereocenters. The van der Waals surface area contributed by atoms with E-state index in [1.807, 2.05) is 6.92 Å². The number of halogens is 2. The second kappa shape index (κ2) is 3.97. The zero-order chi connectivity index (χ0) is 12.9. The van der Waals surface area contributed by atoms with E-state index in [1.54, 1.807) is 12.1 Å². The highest BCUT2D eigenvalue weighted by molar-refractivity contribution is 6.38. The van der Waals surface area contributed by atoms with Crippen LogP contribution in [0.1, 0.15) is 5.56 Å². The minimum atomic E-state index is -0.116. The third-order valence-corrected chi connectivity index (χ3v) is 3.17. The molecule has 0 N–H and O–H groups in total. The summed E-state index contributed by atoms with van der Waals surface area (Å²) >= 11 is 12.0. The van der Waals surface area contributed by atoms with Crippen molar-refractivity contribution >= 4 is 34.3 Å². The summed E-state index contributed by atoms with van der Waals surface area (Å²) in [6.45, 7) is 1.81. The predicted octanol–water partition coefficient (Wildman–Crippen LogP) is 3.91. The first-order chi connectivity index (χ1) is 8.54. The normalized spacial score (nSPS) is 11.3. The van der Waals surface area contributed by atoms with Crippen LogP contribution in [0.4, 0.5) is 0 Å². The molecule has 1 aliphatic carbocycles. The first kappa shape index (κ1) is 11.5. The van der Waals surface area contributed by atoms with Crippen LogP contribution in [-0.4, -0.2) is 4.98 Å². The summed E-state index contributed by atoms with van der Waals surface area (Å²) in [5.74, 6) is 0.428. The average molecular weight is 280 g/mol. The van der Waals surface area contributed by atoms with Gasteiger partial charge in [-0.1, -0.05) is 23.2 Å². The zero-order valence-electron chi connectivity index (χ0n) is 9.33. The van der Waals surface area contributed by atoms with E-state index in [4.69, 9.17) is 27.6 Å². The fourth-order valence-electron chi connectivity index (χ4n) is 1.90. The summed E-state index contributed by atoms with van der Waals surface area (Å²) in [5.41, 5.74) is 2.29. The summed E-state index contributed by atoms with van der Waals surface area (Å²) in [6.07, 6.45) is 0. The van der Waals surface area contributed by atoms with E-state index in [0.29, 0.717) is 32.6 Å². The van der Waals surface area contributed by atoms with E-state index in [0.717, 1.165) is 5.56 Å². The third kappa shape index (κ3) is 1.76. The molecule has 0 radical (unpaired) electrons. The van der Waals surface area contributed by atoms with Crippen molar-refractivity contribution in [3.05, 3.63) is 50.1 Å². The second-order valence-electron chi connectivity index (χ2n) is 4.04. The van der Waals surface area contributed by atoms with E-state index < -0.39 is 0 Å². The molecule has 18 heavy (non-hydrogen) atoms. The number of hydrogen-bond acceptors (Lipinski definition) is 3. The Morgan fingerprint density at radius 1 is 1.17 bits per heavy atom. The fourth-order valence-corrected chi connectivity index (χ4v) is 2.42. The Morgan fingerprint density at radius 3 is 2.72 bits per heavy atom. The molecule has 90 valence electrons. The highest BCUT2D eigenvalue weighted by Crippen LogP contribution is 2.32. The van der Waals surface area contributed by atoms with Crippen molar-refractivity contribution in [2.45, 2.75) is 6.92 Å². The number of aryl methyl sites for hydroxylation is 1. The quantitative estimate of drug-likeness (QED) is 0.586. The topological polar surface area (TPSA) is 43.1 Å². The van der Waals surface area contributed by atoms with Gasteiger partial charge in [-0.3, -0.25) is 4.79 Å². The maximum Gasteiger partial charge on any atom is 0.182 e. The SMILES string of the molecule is Cc1cc(=O)cc2oc3c(Cl)cc(Cl)cc3nc1-2. The van der Waals surface area contributed by atoms with E-state index in [-0.39, 0.29) is 5.43 Å². The summed E-state index contributed by atoms with van der Waals surface area (Å²) in [7, 11) is 0. The standard InChI is InChI=1S/C13H7Cl2NO2/c1-6-2-8(17)5-11-12(6)16-10-4-7(14)3-9(15)13(10)18-11/h2-5H,1H3. The number of aromatic nitrogens is 1. The van der Waals surface area contributed by atoms with Gasteiger partial charge in [-0.25, -0.2) is 4.98 Å². The van der Waals surface area contributed by atoms with Crippen molar-refractivity contribution in [3.63, 3.8) is 0 Å². The molecule has 1 aromatic carbocycles. The van der Waals surface area contributed by atoms with Crippen molar-refractivity contribution < 1.29 is 4.42 Å². The molecule has 0 saturated carbocycles. The molecule has 1 heterocycles. The number of hydrogen-bond donors (Lipinski definition) is 0. The van der Waals surface area contributed by atoms with Crippen LogP contribution in [0.15, 0.2) is 33.5 Å². The van der Waals surface area contributed by atoms with Crippen molar-refractivity contribution in [1.29, 1.82) is 0 Å². The Bertz CT molecular complexity index is 795. The molecule has 1 aromatic rings. The van der Waals surface area contributed by atoms with Crippen LogP contribution in [0, 0.1) is 6.92 Å². The van der Waals surface area contributed by atoms with Gasteiger partial charge in [0.2, 0.25) is 0 Å². The van der Waals surface area contributed by atoms with E-state index in [2.05, 4.69) is 4.98 Å². The van der Waals surface area contributed by atoms with Crippen molar-refractivity contribution in [2.24, 2.45) is 0 Å². The monoisotopic (exact) mass is 279 g/mol. The van der Waals surface area contributed by atoms with Crippen molar-refractivity contribution in [2.75, 3.05) is 0 Å². The fraction of sp³-hybridized carbons (Fsp3) is 0.0769. The molecule has 0 bridgehead atoms. The van der Waals surface area contributed by atoms with E-state index >= 15 is 0 Å². The Hall–Kier alpha value is -1.58. The van der Waals surface area contributed by atoms with Gasteiger partial charge in [0.25, 0.3) is 0 Å². The molecule has 0 spiro atoms. The molecule has 3 nitrogen and oxygen atoms in total. The van der Waals surface area contributed by atoms with Crippen molar-refractivity contribution in [3.8, 4) is 11.5 Å². The summed E-state index contributed by atoms with van der Waals surface area (Å²) in [4.78, 5) is 15.9. The van der Waals surface area contributed by atoms with E-state index in [1.165, 1.54) is 12.1 Å². The van der Waals surface area contributed by atoms with Gasteiger partial charge in [0.1, 0.15) is 11.2 Å². The Balaban J connectivity index is 2.52. The second-order valence-corrected chi connectivity index (χ2v) is 4.88. The van der Waals surface area contributed by atoms with Gasteiger partial charge in [-0.15, -0.1) is 0 Å². The minimum Gasteiger partial charge on any atom is -0.451 e. The van der Waals surface area contributed by atoms with Gasteiger partial charge in [0.15, 0.2) is 16.8 Å². The van der Waals surface area contributed by atoms with E-state index in [9.17, 15) is 4.79 Å². The molecule has 2 aliphatic rings. The highest BCUT2D eigenvalue weighted by Gasteiger charge is 2.14. The Labute approximate surface area is 112 Å². The Kier molecular flexibility index (Phi) is 2.54. The van der Waals surface area contributed by atoms with Gasteiger partial charge < -0.3 is 4.42 Å². The van der Waals surface area contributed by atoms with Crippen LogP contribution < -0.4 is 5.43 Å². The molecular formula is C13H7Cl2NO2. The lowest BCUT2D eigenvalue weighted by Crippen LogP contribution is -2.03. The minimum absolute atomic E-state index is 0.116. The van der Waals surface area contributed by atoms with Crippen LogP contribution in [0.5, 0.6) is 0 Å². The molecule has 0 saturated heterocycles. The molecule has 0 unspecified atom stereocenters. The lowest BCUT2D eigenvalue weighted by Gasteiger charge is -2.09. The van der Waals surface area contributed by atoms with Gasteiger partial charge in [-0.2, -0.15) is 0 Å². The molecule has 0 amide bonds. The molecular weight excluding hydrogens is 273 g/mol. The average Bonchev–Trinajstić information content (AvgIpc) is 2.27. The van der Waals surface area contributed by atoms with Gasteiger partial charge in [0.05, 0.1) is 5.02 Å². The predicted molar refractivity (Wildman–Crippen MR) is 71.7 cm³/mol. The number of rotatable bonds is 0. The van der Waals surface area contributed by atoms with Crippen molar-refractivity contribution in [1.82, 2.24) is 4.98 Å². The summed E-state index contributed by atoms with van der Waals surface area (Å²) in [5, 5.41) is 0.869. The maximum absolute atomic E-state index is 11.4. The van der Waals surface area contributed by atoms with Gasteiger partial charge in [0, 0.05) is 11.1 Å². The molecule has 3 rings (SSSR count). The number of fused-ring (bicyclic) bond motifs is 2. The first-order valence-electron chi connectivity index (χ1n) is 5.25. The van der Waals surface area contributed by atoms with Crippen LogP contribution in [0.25, 0.3) is 22.6 Å². The third-order valence-electron chi connectivity index (χ3n) is 2.67. The van der Waals surface area contributed by atoms with Crippen LogP contribution >= 0.6 is 23.2 Å². The molecule has 1 aliphatic heterocycles. The lowest BCUT2D eigenvalue weighted by atomic mass is 10.1. The summed E-state index contributed by atoms with van der Waals surface area (Å²) in [6, 6.07) is 6.18. The smallest absolute Gasteiger partial charge is 0.182 e. The lowest BCUT2D eigenvalue weighted by molar-refractivity contribution is 0.612. The molecule has 0 fully saturated rings. The molecule has 0 aromatic heterocycles. The zero-order valence-corrected chi connectivity index (χ0v) is 10.8. The van der Waals surface area contributed by atoms with Crippen LogP contribution in [-0.2, 0) is 0 Å². The number of nitrogens with zero attached hydrogens (tertiary/aromatic N) is 1.